The molecular formula is C30H20F3NO4. The van der Waals surface area contributed by atoms with E-state index < -0.39 is 17.7 Å². The molecule has 190 valence electrons. The molecule has 0 radical (unpaired) electrons. The average molecular weight is 515 g/mol. The van der Waals surface area contributed by atoms with Gasteiger partial charge in [0, 0.05) is 11.1 Å². The zero-order valence-corrected chi connectivity index (χ0v) is 19.8. The molecule has 4 aromatic rings. The summed E-state index contributed by atoms with van der Waals surface area (Å²) in [5.74, 6) is -0.546. The Morgan fingerprint density at radius 2 is 1.55 bits per heavy atom. The topological polar surface area (TPSA) is 70.8 Å². The highest BCUT2D eigenvalue weighted by Gasteiger charge is 2.31. The number of furan rings is 1. The SMILES string of the molecule is O=C(O)c1ccc(CN2C(=O)/C(=C/c3ccc(-c4ccc(C(F)(F)F)cc4)o3)C=C2c2ccccc2)cc1. The van der Waals surface area contributed by atoms with Gasteiger partial charge in [0.2, 0.25) is 0 Å². The van der Waals surface area contributed by atoms with E-state index in [0.29, 0.717) is 28.4 Å². The van der Waals surface area contributed by atoms with Gasteiger partial charge in [0.25, 0.3) is 5.91 Å². The number of carboxylic acids is 1. The normalized spacial score (nSPS) is 14.7. The Morgan fingerprint density at radius 3 is 2.18 bits per heavy atom. The molecule has 8 heteroatoms. The second kappa shape index (κ2) is 9.89. The molecule has 1 aliphatic rings. The van der Waals surface area contributed by atoms with E-state index in [0.717, 1.165) is 23.3 Å². The van der Waals surface area contributed by atoms with Gasteiger partial charge in [0.15, 0.2) is 0 Å². The monoisotopic (exact) mass is 515 g/mol. The molecule has 5 rings (SSSR count). The highest BCUT2D eigenvalue weighted by atomic mass is 19.4. The molecule has 2 heterocycles. The molecule has 1 aliphatic heterocycles. The van der Waals surface area contributed by atoms with Crippen LogP contribution in [0.3, 0.4) is 0 Å². The van der Waals surface area contributed by atoms with E-state index in [2.05, 4.69) is 0 Å². The first-order valence-corrected chi connectivity index (χ1v) is 11.6. The Balaban J connectivity index is 1.43. The lowest BCUT2D eigenvalue weighted by atomic mass is 10.1. The van der Waals surface area contributed by atoms with Crippen molar-refractivity contribution in [3.05, 3.63) is 131 Å². The second-order valence-electron chi connectivity index (χ2n) is 8.67. The molecule has 0 unspecified atom stereocenters. The fraction of sp³-hybridized carbons (Fsp3) is 0.0667. The minimum absolute atomic E-state index is 0.155. The van der Waals surface area contributed by atoms with Crippen LogP contribution in [0.2, 0.25) is 0 Å². The minimum Gasteiger partial charge on any atom is -0.478 e. The van der Waals surface area contributed by atoms with Crippen LogP contribution in [-0.4, -0.2) is 21.9 Å². The fourth-order valence-corrected chi connectivity index (χ4v) is 4.16. The smallest absolute Gasteiger partial charge is 0.416 e. The fourth-order valence-electron chi connectivity index (χ4n) is 4.16. The third kappa shape index (κ3) is 5.15. The Bertz CT molecular complexity index is 1550. The predicted molar refractivity (Wildman–Crippen MR) is 135 cm³/mol. The third-order valence-corrected chi connectivity index (χ3v) is 6.11. The van der Waals surface area contributed by atoms with E-state index >= 15 is 0 Å². The maximum Gasteiger partial charge on any atom is 0.416 e. The van der Waals surface area contributed by atoms with Gasteiger partial charge in [-0.25, -0.2) is 4.79 Å². The maximum atomic E-state index is 13.4. The van der Waals surface area contributed by atoms with E-state index in [1.54, 1.807) is 41.3 Å². The molecule has 0 bridgehead atoms. The zero-order chi connectivity index (χ0) is 26.9. The molecule has 0 saturated carbocycles. The Kier molecular flexibility index (Phi) is 6.46. The summed E-state index contributed by atoms with van der Waals surface area (Å²) in [6.07, 6.45) is -1.08. The highest BCUT2D eigenvalue weighted by Crippen LogP contribution is 2.34. The lowest BCUT2D eigenvalue weighted by Gasteiger charge is -2.21. The summed E-state index contributed by atoms with van der Waals surface area (Å²) >= 11 is 0. The van der Waals surface area contributed by atoms with Crippen molar-refractivity contribution < 1.29 is 32.3 Å². The lowest BCUT2D eigenvalue weighted by molar-refractivity contribution is -0.137. The van der Waals surface area contributed by atoms with Gasteiger partial charge in [0.05, 0.1) is 23.4 Å². The van der Waals surface area contributed by atoms with E-state index in [4.69, 9.17) is 9.52 Å². The number of carbonyl (C=O) groups is 2. The Morgan fingerprint density at radius 1 is 0.868 bits per heavy atom. The van der Waals surface area contributed by atoms with Crippen molar-refractivity contribution in [2.24, 2.45) is 0 Å². The van der Waals surface area contributed by atoms with Crippen LogP contribution in [0.4, 0.5) is 13.2 Å². The van der Waals surface area contributed by atoms with E-state index in [1.165, 1.54) is 24.3 Å². The molecule has 0 atom stereocenters. The number of amides is 1. The molecule has 5 nitrogen and oxygen atoms in total. The molecule has 0 saturated heterocycles. The van der Waals surface area contributed by atoms with Crippen LogP contribution in [0.1, 0.15) is 32.8 Å². The Hall–Kier alpha value is -4.85. The number of hydrogen-bond donors (Lipinski definition) is 1. The van der Waals surface area contributed by atoms with Gasteiger partial charge >= 0.3 is 12.1 Å². The van der Waals surface area contributed by atoms with Crippen LogP contribution in [0, 0.1) is 0 Å². The van der Waals surface area contributed by atoms with Crippen LogP contribution in [0.15, 0.2) is 107 Å². The first-order valence-electron chi connectivity index (χ1n) is 11.6. The van der Waals surface area contributed by atoms with Crippen LogP contribution < -0.4 is 0 Å². The third-order valence-electron chi connectivity index (χ3n) is 6.11. The van der Waals surface area contributed by atoms with Crippen LogP contribution in [0.5, 0.6) is 0 Å². The molecule has 0 aliphatic carbocycles. The number of nitrogens with zero attached hydrogens (tertiary/aromatic N) is 1. The standard InChI is InChI=1S/C30H20F3NO4/c31-30(32,33)24-12-10-21(11-13-24)27-15-14-25(38-27)16-23-17-26(20-4-2-1-3-5-20)34(28(23)35)18-19-6-8-22(9-7-19)29(36)37/h1-17H,18H2,(H,36,37)/b23-16+. The summed E-state index contributed by atoms with van der Waals surface area (Å²) in [5.41, 5.74) is 2.53. The molecule has 0 fully saturated rings. The molecule has 1 aromatic heterocycles. The van der Waals surface area contributed by atoms with E-state index in [1.807, 2.05) is 30.3 Å². The minimum atomic E-state index is -4.42. The van der Waals surface area contributed by atoms with Gasteiger partial charge in [-0.1, -0.05) is 54.6 Å². The van der Waals surface area contributed by atoms with Crippen LogP contribution >= 0.6 is 0 Å². The first-order chi connectivity index (χ1) is 18.2. The van der Waals surface area contributed by atoms with Crippen LogP contribution in [-0.2, 0) is 17.5 Å². The molecule has 3 aromatic carbocycles. The number of rotatable bonds is 6. The molecule has 1 N–H and O–H groups in total. The summed E-state index contributed by atoms with van der Waals surface area (Å²) in [6, 6.07) is 23.7. The van der Waals surface area contributed by atoms with Crippen molar-refractivity contribution in [2.75, 3.05) is 0 Å². The second-order valence-corrected chi connectivity index (χ2v) is 8.67. The molecule has 1 amide bonds. The van der Waals surface area contributed by atoms with Crippen molar-refractivity contribution in [1.29, 1.82) is 0 Å². The number of hydrogen-bond acceptors (Lipinski definition) is 3. The summed E-state index contributed by atoms with van der Waals surface area (Å²) in [6.45, 7) is 0.228. The summed E-state index contributed by atoms with van der Waals surface area (Å²) in [5, 5.41) is 9.15. The van der Waals surface area contributed by atoms with Crippen molar-refractivity contribution in [3.63, 3.8) is 0 Å². The van der Waals surface area contributed by atoms with Gasteiger partial charge in [-0.15, -0.1) is 0 Å². The number of carbonyl (C=O) groups excluding carboxylic acids is 1. The van der Waals surface area contributed by atoms with Gasteiger partial charge in [-0.2, -0.15) is 13.2 Å². The summed E-state index contributed by atoms with van der Waals surface area (Å²) in [4.78, 5) is 26.2. The van der Waals surface area contributed by atoms with E-state index in [9.17, 15) is 22.8 Å². The number of aromatic carboxylic acids is 1. The molecule has 0 spiro atoms. The quantitative estimate of drug-likeness (QED) is 0.277. The van der Waals surface area contributed by atoms with E-state index in [-0.39, 0.29) is 18.0 Å². The van der Waals surface area contributed by atoms with Crippen molar-refractivity contribution in [1.82, 2.24) is 4.90 Å². The van der Waals surface area contributed by atoms with Gasteiger partial charge in [-0.3, -0.25) is 4.79 Å². The summed E-state index contributed by atoms with van der Waals surface area (Å²) in [7, 11) is 0. The lowest BCUT2D eigenvalue weighted by Crippen LogP contribution is -2.25. The zero-order valence-electron chi connectivity index (χ0n) is 19.8. The van der Waals surface area contributed by atoms with Gasteiger partial charge in [0.1, 0.15) is 11.5 Å². The highest BCUT2D eigenvalue weighted by molar-refractivity contribution is 6.10. The van der Waals surface area contributed by atoms with Crippen LogP contribution in [0.25, 0.3) is 23.1 Å². The first kappa shape index (κ1) is 24.8. The predicted octanol–water partition coefficient (Wildman–Crippen LogP) is 7.13. The number of halogens is 3. The number of benzene rings is 3. The molecular weight excluding hydrogens is 495 g/mol. The summed E-state index contributed by atoms with van der Waals surface area (Å²) < 4.78 is 44.4. The average Bonchev–Trinajstić information content (AvgIpc) is 3.50. The van der Waals surface area contributed by atoms with Crippen molar-refractivity contribution in [3.8, 4) is 11.3 Å². The van der Waals surface area contributed by atoms with Crippen molar-refractivity contribution in [2.45, 2.75) is 12.7 Å². The van der Waals surface area contributed by atoms with Crippen molar-refractivity contribution >= 4 is 23.6 Å². The Labute approximate surface area is 215 Å². The van der Waals surface area contributed by atoms with Gasteiger partial charge in [-0.05, 0) is 59.7 Å². The largest absolute Gasteiger partial charge is 0.478 e. The molecule has 38 heavy (non-hydrogen) atoms. The number of alkyl halides is 3. The number of carboxylic acid groups (broad SMARTS) is 1. The maximum absolute atomic E-state index is 13.4. The van der Waals surface area contributed by atoms with Gasteiger partial charge < -0.3 is 14.4 Å².